The van der Waals surface area contributed by atoms with Crippen LogP contribution in [0.2, 0.25) is 0 Å². The summed E-state index contributed by atoms with van der Waals surface area (Å²) in [6.07, 6.45) is 3.88. The highest BCUT2D eigenvalue weighted by molar-refractivity contribution is 7.78. The Balaban J connectivity index is 1.57. The number of amides is 3. The van der Waals surface area contributed by atoms with Crippen molar-refractivity contribution in [1.82, 2.24) is 19.8 Å². The number of urea groups is 1. The molecule has 0 spiro atoms. The number of carbonyl (C=O) groups excluding carboxylic acids is 2. The van der Waals surface area contributed by atoms with Gasteiger partial charge < -0.3 is 15.5 Å². The van der Waals surface area contributed by atoms with Gasteiger partial charge in [-0.25, -0.2) is 4.79 Å². The molecule has 0 aromatic heterocycles. The Labute approximate surface area is 118 Å². The van der Waals surface area contributed by atoms with Gasteiger partial charge >= 0.3 is 6.03 Å². The molecule has 3 aliphatic rings. The first kappa shape index (κ1) is 13.1. The second-order valence-corrected chi connectivity index (χ2v) is 5.94. The molecule has 3 heterocycles. The highest BCUT2D eigenvalue weighted by Gasteiger charge is 2.54. The van der Waals surface area contributed by atoms with Gasteiger partial charge in [0.05, 0.1) is 6.04 Å². The first-order chi connectivity index (χ1) is 9.18. The number of hydrogen-bond acceptors (Lipinski definition) is 4. The van der Waals surface area contributed by atoms with E-state index in [1.807, 2.05) is 0 Å². The van der Waals surface area contributed by atoms with E-state index in [1.54, 1.807) is 4.90 Å². The Morgan fingerprint density at radius 3 is 3.00 bits per heavy atom. The van der Waals surface area contributed by atoms with Crippen LogP contribution in [0, 0.1) is 0 Å². The molecule has 3 saturated heterocycles. The quantitative estimate of drug-likeness (QED) is 0.468. The molecule has 0 bridgehead atoms. The topological polar surface area (TPSA) is 64.7 Å². The number of nitrogens with zero attached hydrogens (tertiary/aromatic N) is 2. The first-order valence-electron chi connectivity index (χ1n) is 6.98. The lowest BCUT2D eigenvalue weighted by Gasteiger charge is -2.42. The Morgan fingerprint density at radius 2 is 2.16 bits per heavy atom. The zero-order valence-electron chi connectivity index (χ0n) is 10.8. The number of nitrogens with one attached hydrogen (secondary N) is 2. The molecule has 0 aromatic rings. The number of carbonyl (C=O) groups is 2. The van der Waals surface area contributed by atoms with Crippen LogP contribution in [0.4, 0.5) is 4.79 Å². The monoisotopic (exact) mass is 284 g/mol. The molecule has 0 aromatic carbocycles. The smallest absolute Gasteiger partial charge is 0.318 e. The van der Waals surface area contributed by atoms with Gasteiger partial charge in [0.15, 0.2) is 0 Å². The molecule has 0 saturated carbocycles. The second-order valence-electron chi connectivity index (χ2n) is 5.50. The fraction of sp³-hybridized carbons (Fsp3) is 0.833. The summed E-state index contributed by atoms with van der Waals surface area (Å²) in [5.41, 5.74) is 0. The predicted octanol–water partition coefficient (Wildman–Crippen LogP) is -0.0320. The summed E-state index contributed by atoms with van der Waals surface area (Å²) < 4.78 is 1.45. The van der Waals surface area contributed by atoms with E-state index in [0.717, 1.165) is 38.8 Å². The molecule has 19 heavy (non-hydrogen) atoms. The highest BCUT2D eigenvalue weighted by atomic mass is 32.1. The fourth-order valence-electron chi connectivity index (χ4n) is 3.20. The van der Waals surface area contributed by atoms with Crippen molar-refractivity contribution in [2.45, 2.75) is 43.8 Å². The second kappa shape index (κ2) is 5.20. The molecule has 3 fully saturated rings. The number of rotatable bonds is 1. The van der Waals surface area contributed by atoms with Gasteiger partial charge in [0.25, 0.3) is 5.91 Å². The van der Waals surface area contributed by atoms with Crippen LogP contribution in [0.5, 0.6) is 0 Å². The van der Waals surface area contributed by atoms with E-state index in [9.17, 15) is 9.59 Å². The van der Waals surface area contributed by atoms with Crippen molar-refractivity contribution in [3.8, 4) is 0 Å². The van der Waals surface area contributed by atoms with E-state index >= 15 is 0 Å². The van der Waals surface area contributed by atoms with Crippen LogP contribution in [0.1, 0.15) is 25.7 Å². The van der Waals surface area contributed by atoms with Gasteiger partial charge in [-0.1, -0.05) is 12.8 Å². The summed E-state index contributed by atoms with van der Waals surface area (Å²) >= 11 is 4.13. The van der Waals surface area contributed by atoms with Crippen molar-refractivity contribution in [2.75, 3.05) is 19.6 Å². The van der Waals surface area contributed by atoms with E-state index in [1.165, 1.54) is 4.31 Å². The molecule has 3 amide bonds. The molecule has 3 atom stereocenters. The lowest BCUT2D eigenvalue weighted by Crippen LogP contribution is -2.64. The molecule has 6 nitrogen and oxygen atoms in total. The van der Waals surface area contributed by atoms with Crippen molar-refractivity contribution >= 4 is 24.8 Å². The first-order valence-corrected chi connectivity index (χ1v) is 7.38. The third-order valence-electron chi connectivity index (χ3n) is 4.32. The number of likely N-dealkylation sites (tertiary alicyclic amines) is 1. The molecular weight excluding hydrogens is 264 g/mol. The van der Waals surface area contributed by atoms with Crippen molar-refractivity contribution in [3.05, 3.63) is 0 Å². The number of hydrogen-bond donors (Lipinski definition) is 3. The van der Waals surface area contributed by atoms with E-state index in [-0.39, 0.29) is 30.1 Å². The minimum absolute atomic E-state index is 0.0523. The summed E-state index contributed by atoms with van der Waals surface area (Å²) in [6.45, 7) is 2.61. The van der Waals surface area contributed by atoms with Gasteiger partial charge in [-0.3, -0.25) is 9.10 Å². The van der Waals surface area contributed by atoms with E-state index < -0.39 is 0 Å². The van der Waals surface area contributed by atoms with Gasteiger partial charge in [0, 0.05) is 12.6 Å². The third kappa shape index (κ3) is 2.29. The van der Waals surface area contributed by atoms with Crippen LogP contribution in [0.3, 0.4) is 0 Å². The summed E-state index contributed by atoms with van der Waals surface area (Å²) in [4.78, 5) is 25.7. The third-order valence-corrected chi connectivity index (χ3v) is 4.82. The fourth-order valence-corrected chi connectivity index (χ4v) is 3.56. The molecule has 0 aliphatic carbocycles. The number of β-lactam (4-membered cyclic amide) rings is 1. The van der Waals surface area contributed by atoms with Crippen LogP contribution in [0.25, 0.3) is 0 Å². The zero-order chi connectivity index (χ0) is 13.4. The molecule has 106 valence electrons. The molecule has 0 unspecified atom stereocenters. The van der Waals surface area contributed by atoms with E-state index in [0.29, 0.717) is 6.54 Å². The molecule has 3 rings (SSSR count). The molecule has 7 heteroatoms. The van der Waals surface area contributed by atoms with Crippen LogP contribution in [0.15, 0.2) is 0 Å². The van der Waals surface area contributed by atoms with Gasteiger partial charge in [-0.2, -0.15) is 0 Å². The highest BCUT2D eigenvalue weighted by Crippen LogP contribution is 2.34. The normalized spacial score (nSPS) is 34.6. The van der Waals surface area contributed by atoms with Crippen LogP contribution < -0.4 is 10.6 Å². The maximum absolute atomic E-state index is 12.3. The van der Waals surface area contributed by atoms with Gasteiger partial charge in [0.1, 0.15) is 6.04 Å². The minimum Gasteiger partial charge on any atom is -0.335 e. The average Bonchev–Trinajstić information content (AvgIpc) is 2.65. The van der Waals surface area contributed by atoms with E-state index in [2.05, 4.69) is 23.4 Å². The van der Waals surface area contributed by atoms with Crippen molar-refractivity contribution in [3.63, 3.8) is 0 Å². The number of thiol groups is 1. The van der Waals surface area contributed by atoms with Crippen molar-refractivity contribution in [2.24, 2.45) is 0 Å². The largest absolute Gasteiger partial charge is 0.335 e. The zero-order valence-corrected chi connectivity index (χ0v) is 11.7. The lowest BCUT2D eigenvalue weighted by atomic mass is 10.0. The maximum Gasteiger partial charge on any atom is 0.318 e. The minimum atomic E-state index is -0.276. The van der Waals surface area contributed by atoms with Crippen LogP contribution in [-0.2, 0) is 4.79 Å². The summed E-state index contributed by atoms with van der Waals surface area (Å²) in [5.74, 6) is -0.0523. The summed E-state index contributed by atoms with van der Waals surface area (Å²) in [6, 6.07) is -0.0307. The molecule has 0 radical (unpaired) electrons. The van der Waals surface area contributed by atoms with Crippen molar-refractivity contribution < 1.29 is 9.59 Å². The maximum atomic E-state index is 12.3. The molecule has 2 N–H and O–H groups in total. The predicted molar refractivity (Wildman–Crippen MR) is 73.8 cm³/mol. The Bertz CT molecular complexity index is 384. The van der Waals surface area contributed by atoms with Gasteiger partial charge in [-0.05, 0) is 38.8 Å². The van der Waals surface area contributed by atoms with E-state index in [4.69, 9.17) is 0 Å². The molecular formula is C12H20N4O2S. The average molecular weight is 284 g/mol. The van der Waals surface area contributed by atoms with Crippen LogP contribution in [-0.4, -0.2) is 58.9 Å². The Kier molecular flexibility index (Phi) is 3.58. The Hall–Kier alpha value is -0.950. The SMILES string of the molecule is O=C1[C@@H]2[C@@H](CCN2C(=O)N[C@@H]2CCCNCC2)N1S. The number of fused-ring (bicyclic) bond motifs is 1. The Morgan fingerprint density at radius 1 is 1.32 bits per heavy atom. The summed E-state index contributed by atoms with van der Waals surface area (Å²) in [5, 5.41) is 6.40. The van der Waals surface area contributed by atoms with Gasteiger partial charge in [0.2, 0.25) is 0 Å². The van der Waals surface area contributed by atoms with Crippen molar-refractivity contribution in [1.29, 1.82) is 0 Å². The summed E-state index contributed by atoms with van der Waals surface area (Å²) in [7, 11) is 0. The standard InChI is InChI=1S/C12H20N4O2S/c17-11-10-9(16(11)19)4-7-15(10)12(18)14-8-2-1-5-13-6-3-8/h8-10,13,19H,1-7H2,(H,14,18)/t8-,9-,10+/m1/s1. The van der Waals surface area contributed by atoms with Gasteiger partial charge in [-0.15, -0.1) is 0 Å². The molecule has 3 aliphatic heterocycles. The van der Waals surface area contributed by atoms with Crippen LogP contribution >= 0.6 is 12.8 Å². The lowest BCUT2D eigenvalue weighted by molar-refractivity contribution is -0.142.